The highest BCUT2D eigenvalue weighted by Gasteiger charge is 2.21. The van der Waals surface area contributed by atoms with Crippen molar-refractivity contribution < 1.29 is 14.0 Å². The molecule has 3 aromatic rings. The number of aryl methyl sites for hydroxylation is 1. The molecule has 0 bridgehead atoms. The Bertz CT molecular complexity index is 930. The van der Waals surface area contributed by atoms with Gasteiger partial charge in [0.1, 0.15) is 11.5 Å². The molecule has 3 heterocycles. The number of ether oxygens (including phenoxy) is 2. The summed E-state index contributed by atoms with van der Waals surface area (Å²) >= 11 is 0. The Balaban J connectivity index is 1.78. The maximum absolute atomic E-state index is 5.53. The molecule has 26 heavy (non-hydrogen) atoms. The van der Waals surface area contributed by atoms with E-state index in [1.165, 1.54) is 11.1 Å². The summed E-state index contributed by atoms with van der Waals surface area (Å²) in [5, 5.41) is 7.58. The van der Waals surface area contributed by atoms with Gasteiger partial charge in [-0.1, -0.05) is 5.16 Å². The van der Waals surface area contributed by atoms with Crippen LogP contribution in [0.4, 0.5) is 0 Å². The molecule has 1 aliphatic rings. The van der Waals surface area contributed by atoms with E-state index in [1.54, 1.807) is 20.3 Å². The number of aromatic nitrogens is 3. The zero-order valence-corrected chi connectivity index (χ0v) is 15.0. The van der Waals surface area contributed by atoms with Crippen LogP contribution in [0.3, 0.4) is 0 Å². The van der Waals surface area contributed by atoms with Gasteiger partial charge in [0.2, 0.25) is 5.82 Å². The predicted molar refractivity (Wildman–Crippen MR) is 96.2 cm³/mol. The molecule has 0 saturated heterocycles. The van der Waals surface area contributed by atoms with E-state index in [0.717, 1.165) is 36.3 Å². The Morgan fingerprint density at radius 2 is 1.88 bits per heavy atom. The van der Waals surface area contributed by atoms with Crippen molar-refractivity contribution in [2.75, 3.05) is 20.8 Å². The fourth-order valence-corrected chi connectivity index (χ4v) is 3.24. The van der Waals surface area contributed by atoms with Crippen molar-refractivity contribution in [3.8, 4) is 34.3 Å². The number of pyridine rings is 1. The van der Waals surface area contributed by atoms with Gasteiger partial charge >= 0.3 is 0 Å². The Morgan fingerprint density at radius 1 is 1.12 bits per heavy atom. The first kappa shape index (κ1) is 16.5. The maximum atomic E-state index is 5.53. The van der Waals surface area contributed by atoms with Crippen molar-refractivity contribution in [1.82, 2.24) is 20.4 Å². The summed E-state index contributed by atoms with van der Waals surface area (Å²) in [6, 6.07) is 5.49. The monoisotopic (exact) mass is 352 g/mol. The lowest BCUT2D eigenvalue weighted by Gasteiger charge is -2.19. The lowest BCUT2D eigenvalue weighted by Crippen LogP contribution is -2.24. The van der Waals surface area contributed by atoms with Crippen molar-refractivity contribution in [3.63, 3.8) is 0 Å². The van der Waals surface area contributed by atoms with Crippen LogP contribution in [-0.2, 0) is 13.0 Å². The summed E-state index contributed by atoms with van der Waals surface area (Å²) in [5.74, 6) is 2.31. The molecule has 0 aliphatic carbocycles. The number of hydrogen-bond acceptors (Lipinski definition) is 7. The number of methoxy groups -OCH3 is 2. The van der Waals surface area contributed by atoms with Crippen LogP contribution in [0.2, 0.25) is 0 Å². The number of rotatable bonds is 4. The van der Waals surface area contributed by atoms with Crippen LogP contribution < -0.4 is 14.8 Å². The molecule has 1 aromatic carbocycles. The van der Waals surface area contributed by atoms with Crippen LogP contribution in [0, 0.1) is 6.92 Å². The molecule has 7 nitrogen and oxygen atoms in total. The maximum Gasteiger partial charge on any atom is 0.258 e. The van der Waals surface area contributed by atoms with Crippen molar-refractivity contribution in [2.45, 2.75) is 19.9 Å². The number of benzene rings is 1. The Labute approximate surface area is 151 Å². The molecule has 2 aromatic heterocycles. The summed E-state index contributed by atoms with van der Waals surface area (Å²) in [6.45, 7) is 3.72. The minimum absolute atomic E-state index is 0.420. The topological polar surface area (TPSA) is 82.3 Å². The van der Waals surface area contributed by atoms with Gasteiger partial charge in [-0.3, -0.25) is 4.98 Å². The summed E-state index contributed by atoms with van der Waals surface area (Å²) < 4.78 is 16.2. The van der Waals surface area contributed by atoms with Gasteiger partial charge in [0, 0.05) is 35.6 Å². The van der Waals surface area contributed by atoms with Crippen molar-refractivity contribution in [1.29, 1.82) is 0 Å². The molecule has 1 N–H and O–H groups in total. The fraction of sp³-hybridized carbons (Fsp3) is 0.316. The SMILES string of the molecule is COc1cc(OC)cc(-c2nc(-c3c(C)ncc4c3CCNC4)no2)c1. The van der Waals surface area contributed by atoms with E-state index in [2.05, 4.69) is 20.4 Å². The summed E-state index contributed by atoms with van der Waals surface area (Å²) in [7, 11) is 3.22. The second kappa shape index (κ2) is 6.76. The van der Waals surface area contributed by atoms with Gasteiger partial charge < -0.3 is 19.3 Å². The molecule has 0 amide bonds. The average molecular weight is 352 g/mol. The largest absolute Gasteiger partial charge is 0.497 e. The quantitative estimate of drug-likeness (QED) is 0.773. The summed E-state index contributed by atoms with van der Waals surface area (Å²) in [4.78, 5) is 9.13. The van der Waals surface area contributed by atoms with Gasteiger partial charge in [-0.15, -0.1) is 0 Å². The Hall–Kier alpha value is -2.93. The smallest absolute Gasteiger partial charge is 0.258 e. The van der Waals surface area contributed by atoms with E-state index in [1.807, 2.05) is 25.3 Å². The number of nitrogens with zero attached hydrogens (tertiary/aromatic N) is 3. The zero-order chi connectivity index (χ0) is 18.1. The highest BCUT2D eigenvalue weighted by molar-refractivity contribution is 5.67. The van der Waals surface area contributed by atoms with Gasteiger partial charge in [0.15, 0.2) is 0 Å². The lowest BCUT2D eigenvalue weighted by molar-refractivity contribution is 0.393. The molecule has 0 saturated carbocycles. The first-order valence-electron chi connectivity index (χ1n) is 8.45. The average Bonchev–Trinajstić information content (AvgIpc) is 3.17. The molecule has 0 unspecified atom stereocenters. The zero-order valence-electron chi connectivity index (χ0n) is 15.0. The van der Waals surface area contributed by atoms with E-state index in [4.69, 9.17) is 14.0 Å². The van der Waals surface area contributed by atoms with Gasteiger partial charge in [0.05, 0.1) is 14.2 Å². The predicted octanol–water partition coefficient (Wildman–Crippen LogP) is 2.77. The molecule has 7 heteroatoms. The third-order valence-corrected chi connectivity index (χ3v) is 4.58. The van der Waals surface area contributed by atoms with Crippen LogP contribution in [-0.4, -0.2) is 35.9 Å². The third-order valence-electron chi connectivity index (χ3n) is 4.58. The molecular formula is C19H20N4O3. The van der Waals surface area contributed by atoms with E-state index in [0.29, 0.717) is 23.2 Å². The minimum Gasteiger partial charge on any atom is -0.497 e. The standard InChI is InChI=1S/C19H20N4O3/c1-11-17(16-4-5-20-9-13(16)10-21-11)18-22-19(26-23-18)12-6-14(24-2)8-15(7-12)25-3/h6-8,10,20H,4-5,9H2,1-3H3. The van der Waals surface area contributed by atoms with Crippen molar-refractivity contribution in [2.24, 2.45) is 0 Å². The van der Waals surface area contributed by atoms with Gasteiger partial charge in [-0.05, 0) is 43.1 Å². The lowest BCUT2D eigenvalue weighted by atomic mass is 9.95. The third kappa shape index (κ3) is 2.90. The van der Waals surface area contributed by atoms with Gasteiger partial charge in [-0.2, -0.15) is 4.98 Å². The van der Waals surface area contributed by atoms with Crippen LogP contribution in [0.15, 0.2) is 28.9 Å². The molecule has 1 aliphatic heterocycles. The summed E-state index contributed by atoms with van der Waals surface area (Å²) in [6.07, 6.45) is 2.85. The highest BCUT2D eigenvalue weighted by Crippen LogP contribution is 2.32. The Morgan fingerprint density at radius 3 is 2.62 bits per heavy atom. The summed E-state index contributed by atoms with van der Waals surface area (Å²) in [5.41, 5.74) is 5.05. The van der Waals surface area contributed by atoms with Gasteiger partial charge in [0.25, 0.3) is 5.89 Å². The molecule has 4 rings (SSSR count). The second-order valence-corrected chi connectivity index (χ2v) is 6.17. The van der Waals surface area contributed by atoms with Gasteiger partial charge in [-0.25, -0.2) is 0 Å². The van der Waals surface area contributed by atoms with E-state index in [-0.39, 0.29) is 0 Å². The Kier molecular flexibility index (Phi) is 4.30. The molecule has 0 spiro atoms. The number of nitrogens with one attached hydrogen (secondary N) is 1. The minimum atomic E-state index is 0.420. The fourth-order valence-electron chi connectivity index (χ4n) is 3.24. The van der Waals surface area contributed by atoms with Crippen LogP contribution in [0.25, 0.3) is 22.8 Å². The van der Waals surface area contributed by atoms with Crippen molar-refractivity contribution in [3.05, 3.63) is 41.2 Å². The van der Waals surface area contributed by atoms with E-state index >= 15 is 0 Å². The number of fused-ring (bicyclic) bond motifs is 1. The molecule has 0 radical (unpaired) electrons. The van der Waals surface area contributed by atoms with E-state index < -0.39 is 0 Å². The van der Waals surface area contributed by atoms with E-state index in [9.17, 15) is 0 Å². The first-order valence-corrected chi connectivity index (χ1v) is 8.45. The number of hydrogen-bond donors (Lipinski definition) is 1. The van der Waals surface area contributed by atoms with Crippen LogP contribution >= 0.6 is 0 Å². The van der Waals surface area contributed by atoms with Crippen LogP contribution in [0.1, 0.15) is 16.8 Å². The molecule has 0 fully saturated rings. The molecule has 0 atom stereocenters. The van der Waals surface area contributed by atoms with Crippen LogP contribution in [0.5, 0.6) is 11.5 Å². The molecular weight excluding hydrogens is 332 g/mol. The first-order chi connectivity index (χ1) is 12.7. The van der Waals surface area contributed by atoms with Crippen molar-refractivity contribution >= 4 is 0 Å². The normalized spacial score (nSPS) is 13.3. The second-order valence-electron chi connectivity index (χ2n) is 6.17. The highest BCUT2D eigenvalue weighted by atomic mass is 16.5. The molecule has 134 valence electrons.